The van der Waals surface area contributed by atoms with E-state index < -0.39 is 29.4 Å². The van der Waals surface area contributed by atoms with Crippen molar-refractivity contribution < 1.29 is 22.8 Å². The van der Waals surface area contributed by atoms with Crippen molar-refractivity contribution in [1.29, 1.82) is 0 Å². The Labute approximate surface area is 103 Å². The molecule has 0 saturated heterocycles. The topological polar surface area (TPSA) is 34.1 Å². The lowest BCUT2D eigenvalue weighted by Gasteiger charge is -2.08. The minimum absolute atomic E-state index is 0.0728. The maximum absolute atomic E-state index is 13.6. The van der Waals surface area contributed by atoms with E-state index in [1.165, 1.54) is 0 Å². The molecule has 1 aromatic carbocycles. The number of Topliss-reactive ketones (excluding diaryl/α,β-unsaturated/α-hetero) is 2. The van der Waals surface area contributed by atoms with Crippen LogP contribution >= 0.6 is 0 Å². The van der Waals surface area contributed by atoms with Gasteiger partial charge in [-0.15, -0.1) is 0 Å². The summed E-state index contributed by atoms with van der Waals surface area (Å²) in [5.74, 6) is -4.44. The molecule has 0 aliphatic carbocycles. The molecule has 18 heavy (non-hydrogen) atoms. The van der Waals surface area contributed by atoms with Crippen LogP contribution in [0.4, 0.5) is 13.2 Å². The lowest BCUT2D eigenvalue weighted by atomic mass is 9.98. The molecular weight excluding hydrogens is 245 g/mol. The second kappa shape index (κ2) is 5.80. The van der Waals surface area contributed by atoms with Crippen molar-refractivity contribution in [2.75, 3.05) is 0 Å². The van der Waals surface area contributed by atoms with E-state index in [-0.39, 0.29) is 17.9 Å². The number of ketones is 2. The summed E-state index contributed by atoms with van der Waals surface area (Å²) in [6.45, 7) is 3.43. The molecule has 5 heteroatoms. The number of hydrogen-bond acceptors (Lipinski definition) is 2. The van der Waals surface area contributed by atoms with Crippen LogP contribution < -0.4 is 0 Å². The van der Waals surface area contributed by atoms with Gasteiger partial charge in [0.15, 0.2) is 17.4 Å². The maximum atomic E-state index is 13.6. The van der Waals surface area contributed by atoms with Crippen molar-refractivity contribution in [3.8, 4) is 0 Å². The molecule has 1 rings (SSSR count). The van der Waals surface area contributed by atoms with Crippen molar-refractivity contribution >= 4 is 11.6 Å². The van der Waals surface area contributed by atoms with Crippen LogP contribution in [0.2, 0.25) is 0 Å². The number of benzene rings is 1. The quantitative estimate of drug-likeness (QED) is 0.600. The first-order valence-electron chi connectivity index (χ1n) is 5.49. The highest BCUT2D eigenvalue weighted by Gasteiger charge is 2.27. The fraction of sp³-hybridized carbons (Fsp3) is 0.385. The van der Waals surface area contributed by atoms with E-state index >= 15 is 0 Å². The Morgan fingerprint density at radius 1 is 1.17 bits per heavy atom. The molecular formula is C13H13F3O2. The van der Waals surface area contributed by atoms with Crippen LogP contribution in [-0.4, -0.2) is 17.7 Å². The molecule has 0 saturated carbocycles. The molecule has 2 nitrogen and oxygen atoms in total. The maximum Gasteiger partial charge on any atom is 0.220 e. The normalized spacial score (nSPS) is 12.6. The monoisotopic (exact) mass is 258 g/mol. The summed E-state index contributed by atoms with van der Waals surface area (Å²) in [6.07, 6.45) is -2.39. The summed E-state index contributed by atoms with van der Waals surface area (Å²) < 4.78 is 39.1. The van der Waals surface area contributed by atoms with Crippen molar-refractivity contribution in [2.45, 2.75) is 26.4 Å². The van der Waals surface area contributed by atoms with Gasteiger partial charge < -0.3 is 0 Å². The molecule has 0 heterocycles. The zero-order valence-corrected chi connectivity index (χ0v) is 10.0. The molecule has 0 fully saturated rings. The lowest BCUT2D eigenvalue weighted by molar-refractivity contribution is -0.122. The van der Waals surface area contributed by atoms with Crippen molar-refractivity contribution in [3.63, 3.8) is 0 Å². The number of halogens is 3. The van der Waals surface area contributed by atoms with Gasteiger partial charge in [0.1, 0.15) is 0 Å². The Hall–Kier alpha value is -1.65. The molecule has 0 N–H and O–H groups in total. The van der Waals surface area contributed by atoms with Gasteiger partial charge in [-0.25, -0.2) is 13.2 Å². The number of carbonyl (C=O) groups excluding carboxylic acids is 2. The number of carbonyl (C=O) groups is 2. The first-order valence-corrected chi connectivity index (χ1v) is 5.49. The van der Waals surface area contributed by atoms with Crippen LogP contribution in [0.3, 0.4) is 0 Å². The second-order valence-corrected chi connectivity index (χ2v) is 4.42. The molecule has 0 radical (unpaired) electrons. The molecule has 0 spiro atoms. The van der Waals surface area contributed by atoms with Crippen LogP contribution in [0, 0.1) is 17.6 Å². The van der Waals surface area contributed by atoms with E-state index in [0.29, 0.717) is 6.07 Å². The number of alkyl halides is 1. The minimum atomic E-state index is -2.32. The zero-order valence-electron chi connectivity index (χ0n) is 10.0. The molecule has 1 aromatic rings. The van der Waals surface area contributed by atoms with Crippen LogP contribution in [0.5, 0.6) is 0 Å². The van der Waals surface area contributed by atoms with E-state index in [9.17, 15) is 22.8 Å². The zero-order chi connectivity index (χ0) is 13.9. The summed E-state index contributed by atoms with van der Waals surface area (Å²) in [5, 5.41) is 0. The van der Waals surface area contributed by atoms with E-state index in [4.69, 9.17) is 0 Å². The molecule has 1 atom stereocenters. The van der Waals surface area contributed by atoms with Gasteiger partial charge in [-0.05, 0) is 24.1 Å². The Morgan fingerprint density at radius 2 is 1.78 bits per heavy atom. The van der Waals surface area contributed by atoms with Gasteiger partial charge in [-0.2, -0.15) is 0 Å². The summed E-state index contributed by atoms with van der Waals surface area (Å²) in [4.78, 5) is 22.9. The molecule has 98 valence electrons. The van der Waals surface area contributed by atoms with E-state index in [0.717, 1.165) is 12.1 Å². The third-order valence-electron chi connectivity index (χ3n) is 2.33. The third kappa shape index (κ3) is 3.42. The van der Waals surface area contributed by atoms with Gasteiger partial charge in [0, 0.05) is 12.0 Å². The fourth-order valence-electron chi connectivity index (χ4n) is 1.45. The molecule has 0 aliphatic rings. The van der Waals surface area contributed by atoms with Gasteiger partial charge in [-0.1, -0.05) is 13.8 Å². The van der Waals surface area contributed by atoms with Gasteiger partial charge >= 0.3 is 0 Å². The predicted molar refractivity (Wildman–Crippen MR) is 60.0 cm³/mol. The van der Waals surface area contributed by atoms with E-state index in [1.807, 2.05) is 0 Å². The number of rotatable bonds is 5. The molecule has 0 amide bonds. The van der Waals surface area contributed by atoms with Gasteiger partial charge in [0.05, 0.1) is 0 Å². The van der Waals surface area contributed by atoms with E-state index in [2.05, 4.69) is 0 Å². The summed E-state index contributed by atoms with van der Waals surface area (Å²) in [7, 11) is 0. The van der Waals surface area contributed by atoms with Crippen LogP contribution in [0.25, 0.3) is 0 Å². The average Bonchev–Trinajstić information content (AvgIpc) is 2.30. The summed E-state index contributed by atoms with van der Waals surface area (Å²) in [6, 6.07) is 2.27. The predicted octanol–water partition coefficient (Wildman–Crippen LogP) is 3.10. The Balaban J connectivity index is 2.86. The summed E-state index contributed by atoms with van der Waals surface area (Å²) in [5.41, 5.74) is -0.349. The SMILES string of the molecule is CC(C)CC(=O)C(F)C(=O)c1ccc(F)c(F)c1. The van der Waals surface area contributed by atoms with Crippen LogP contribution in [-0.2, 0) is 4.79 Å². The highest BCUT2D eigenvalue weighted by atomic mass is 19.2. The molecule has 0 bridgehead atoms. The minimum Gasteiger partial charge on any atom is -0.296 e. The number of hydrogen-bond donors (Lipinski definition) is 0. The second-order valence-electron chi connectivity index (χ2n) is 4.42. The van der Waals surface area contributed by atoms with Gasteiger partial charge in [-0.3, -0.25) is 9.59 Å². The standard InChI is InChI=1S/C13H13F3O2/c1-7(2)5-11(17)12(16)13(18)8-3-4-9(14)10(15)6-8/h3-4,6-7,12H,5H2,1-2H3. The van der Waals surface area contributed by atoms with Gasteiger partial charge in [0.25, 0.3) is 0 Å². The smallest absolute Gasteiger partial charge is 0.220 e. The van der Waals surface area contributed by atoms with Crippen LogP contribution in [0.1, 0.15) is 30.6 Å². The summed E-state index contributed by atoms with van der Waals surface area (Å²) >= 11 is 0. The average molecular weight is 258 g/mol. The van der Waals surface area contributed by atoms with Crippen molar-refractivity contribution in [3.05, 3.63) is 35.4 Å². The first kappa shape index (κ1) is 14.4. The third-order valence-corrected chi connectivity index (χ3v) is 2.33. The Kier molecular flexibility index (Phi) is 4.64. The highest BCUT2D eigenvalue weighted by molar-refractivity contribution is 6.13. The highest BCUT2D eigenvalue weighted by Crippen LogP contribution is 2.14. The largest absolute Gasteiger partial charge is 0.296 e. The molecule has 0 aliphatic heterocycles. The Bertz CT molecular complexity index is 469. The fourth-order valence-corrected chi connectivity index (χ4v) is 1.45. The van der Waals surface area contributed by atoms with Crippen LogP contribution in [0.15, 0.2) is 18.2 Å². The first-order chi connectivity index (χ1) is 8.32. The molecule has 0 aromatic heterocycles. The lowest BCUT2D eigenvalue weighted by Crippen LogP contribution is -2.27. The molecule has 1 unspecified atom stereocenters. The van der Waals surface area contributed by atoms with E-state index in [1.54, 1.807) is 13.8 Å². The Morgan fingerprint density at radius 3 is 2.28 bits per heavy atom. The van der Waals surface area contributed by atoms with Gasteiger partial charge in [0.2, 0.25) is 12.0 Å². The van der Waals surface area contributed by atoms with Crippen molar-refractivity contribution in [2.24, 2.45) is 5.92 Å². The van der Waals surface area contributed by atoms with Crippen molar-refractivity contribution in [1.82, 2.24) is 0 Å².